The van der Waals surface area contributed by atoms with Gasteiger partial charge in [0.25, 0.3) is 0 Å². The molecule has 94 valence electrons. The summed E-state index contributed by atoms with van der Waals surface area (Å²) in [5.41, 5.74) is 2.26. The number of piperazine rings is 1. The van der Waals surface area contributed by atoms with E-state index in [4.69, 9.17) is 0 Å². The van der Waals surface area contributed by atoms with Crippen molar-refractivity contribution in [1.82, 2.24) is 15.5 Å². The van der Waals surface area contributed by atoms with Crippen LogP contribution < -0.4 is 10.6 Å². The maximum Gasteiger partial charge on any atom is 0.247 e. The summed E-state index contributed by atoms with van der Waals surface area (Å²) in [5.74, 6) is 0.359. The molecule has 2 aliphatic rings. The van der Waals surface area contributed by atoms with E-state index >= 15 is 0 Å². The summed E-state index contributed by atoms with van der Waals surface area (Å²) in [5, 5.41) is 6.05. The number of amides is 1. The molecule has 1 unspecified atom stereocenters. The number of hydrogen-bond donors (Lipinski definition) is 2. The summed E-state index contributed by atoms with van der Waals surface area (Å²) < 4.78 is 0. The summed E-state index contributed by atoms with van der Waals surface area (Å²) in [6.07, 6.45) is 5.06. The predicted octanol–water partition coefficient (Wildman–Crippen LogP) is 0.488. The molecule has 1 amide bonds. The SMILES string of the molecule is CNC(=O)C1=CC=C(N2CCNCC2)CC1C. The Kier molecular flexibility index (Phi) is 3.84. The Balaban J connectivity index is 2.09. The van der Waals surface area contributed by atoms with Crippen LogP contribution in [-0.4, -0.2) is 44.0 Å². The highest BCUT2D eigenvalue weighted by molar-refractivity contribution is 5.94. The van der Waals surface area contributed by atoms with Gasteiger partial charge in [-0.1, -0.05) is 13.0 Å². The topological polar surface area (TPSA) is 44.4 Å². The van der Waals surface area contributed by atoms with Crippen molar-refractivity contribution in [2.24, 2.45) is 5.92 Å². The van der Waals surface area contributed by atoms with Crippen molar-refractivity contribution in [3.8, 4) is 0 Å². The van der Waals surface area contributed by atoms with Crippen LogP contribution in [0.1, 0.15) is 13.3 Å². The van der Waals surface area contributed by atoms with Crippen molar-refractivity contribution < 1.29 is 4.79 Å². The smallest absolute Gasteiger partial charge is 0.247 e. The molecule has 4 heteroatoms. The van der Waals surface area contributed by atoms with Gasteiger partial charge < -0.3 is 15.5 Å². The molecule has 0 bridgehead atoms. The maximum atomic E-state index is 11.6. The second-order valence-corrected chi connectivity index (χ2v) is 4.70. The first-order chi connectivity index (χ1) is 8.22. The summed E-state index contributed by atoms with van der Waals surface area (Å²) in [7, 11) is 1.69. The molecule has 1 aliphatic heterocycles. The monoisotopic (exact) mass is 235 g/mol. The van der Waals surface area contributed by atoms with Crippen LogP contribution >= 0.6 is 0 Å². The highest BCUT2D eigenvalue weighted by Crippen LogP contribution is 2.27. The van der Waals surface area contributed by atoms with Gasteiger partial charge in [0.2, 0.25) is 5.91 Å². The molecule has 1 aliphatic carbocycles. The Morgan fingerprint density at radius 2 is 2.12 bits per heavy atom. The fourth-order valence-electron chi connectivity index (χ4n) is 2.47. The van der Waals surface area contributed by atoms with E-state index in [-0.39, 0.29) is 5.91 Å². The molecule has 1 heterocycles. The van der Waals surface area contributed by atoms with Gasteiger partial charge in [-0.3, -0.25) is 4.79 Å². The Bertz CT molecular complexity index is 354. The Morgan fingerprint density at radius 3 is 2.71 bits per heavy atom. The molecule has 0 aromatic carbocycles. The molecule has 17 heavy (non-hydrogen) atoms. The Labute approximate surface area is 103 Å². The fraction of sp³-hybridized carbons (Fsp3) is 0.615. The van der Waals surface area contributed by atoms with E-state index in [0.717, 1.165) is 38.2 Å². The van der Waals surface area contributed by atoms with Crippen LogP contribution in [0.4, 0.5) is 0 Å². The molecule has 1 atom stereocenters. The molecule has 4 nitrogen and oxygen atoms in total. The molecule has 2 N–H and O–H groups in total. The average molecular weight is 235 g/mol. The van der Waals surface area contributed by atoms with Crippen molar-refractivity contribution in [1.29, 1.82) is 0 Å². The minimum absolute atomic E-state index is 0.0492. The zero-order valence-corrected chi connectivity index (χ0v) is 10.6. The van der Waals surface area contributed by atoms with Gasteiger partial charge >= 0.3 is 0 Å². The second kappa shape index (κ2) is 5.36. The van der Waals surface area contributed by atoms with Gasteiger partial charge in [-0.25, -0.2) is 0 Å². The van der Waals surface area contributed by atoms with Crippen molar-refractivity contribution in [3.63, 3.8) is 0 Å². The summed E-state index contributed by atoms with van der Waals surface area (Å²) in [6.45, 7) is 6.37. The van der Waals surface area contributed by atoms with E-state index in [1.54, 1.807) is 7.05 Å². The third-order valence-electron chi connectivity index (χ3n) is 3.51. The number of allylic oxidation sites excluding steroid dienone is 3. The van der Waals surface area contributed by atoms with Gasteiger partial charge in [0.1, 0.15) is 0 Å². The van der Waals surface area contributed by atoms with Crippen molar-refractivity contribution in [2.75, 3.05) is 33.2 Å². The van der Waals surface area contributed by atoms with Crippen LogP contribution in [-0.2, 0) is 4.79 Å². The largest absolute Gasteiger partial charge is 0.372 e. The second-order valence-electron chi connectivity index (χ2n) is 4.70. The van der Waals surface area contributed by atoms with E-state index in [0.29, 0.717) is 5.92 Å². The molecule has 0 aromatic rings. The molecule has 0 aromatic heterocycles. The maximum absolute atomic E-state index is 11.6. The molecule has 2 rings (SSSR count). The quantitative estimate of drug-likeness (QED) is 0.732. The van der Waals surface area contributed by atoms with Crippen molar-refractivity contribution >= 4 is 5.91 Å². The lowest BCUT2D eigenvalue weighted by molar-refractivity contribution is -0.117. The van der Waals surface area contributed by atoms with Crippen LogP contribution in [0.15, 0.2) is 23.4 Å². The van der Waals surface area contributed by atoms with E-state index in [9.17, 15) is 4.79 Å². The molecule has 1 saturated heterocycles. The molecule has 0 spiro atoms. The lowest BCUT2D eigenvalue weighted by Crippen LogP contribution is -2.43. The van der Waals surface area contributed by atoms with Crippen LogP contribution in [0, 0.1) is 5.92 Å². The minimum Gasteiger partial charge on any atom is -0.372 e. The predicted molar refractivity (Wildman–Crippen MR) is 68.5 cm³/mol. The first-order valence-electron chi connectivity index (χ1n) is 6.31. The van der Waals surface area contributed by atoms with Crippen LogP contribution in [0.3, 0.4) is 0 Å². The number of likely N-dealkylation sites (N-methyl/N-ethyl adjacent to an activating group) is 1. The van der Waals surface area contributed by atoms with Gasteiger partial charge in [-0.05, 0) is 18.4 Å². The third-order valence-corrected chi connectivity index (χ3v) is 3.51. The number of carbonyl (C=O) groups excluding carboxylic acids is 1. The van der Waals surface area contributed by atoms with E-state index in [1.807, 2.05) is 6.08 Å². The number of nitrogens with zero attached hydrogens (tertiary/aromatic N) is 1. The lowest BCUT2D eigenvalue weighted by Gasteiger charge is -2.34. The summed E-state index contributed by atoms with van der Waals surface area (Å²) >= 11 is 0. The molecular formula is C13H21N3O. The lowest BCUT2D eigenvalue weighted by atomic mass is 9.90. The Hall–Kier alpha value is -1.29. The van der Waals surface area contributed by atoms with Gasteiger partial charge in [0, 0.05) is 44.5 Å². The number of hydrogen-bond acceptors (Lipinski definition) is 3. The van der Waals surface area contributed by atoms with Gasteiger partial charge in [0.05, 0.1) is 0 Å². The van der Waals surface area contributed by atoms with Crippen LogP contribution in [0.25, 0.3) is 0 Å². The van der Waals surface area contributed by atoms with Crippen LogP contribution in [0.5, 0.6) is 0 Å². The molecule has 0 radical (unpaired) electrons. The van der Waals surface area contributed by atoms with E-state index in [2.05, 4.69) is 28.5 Å². The number of rotatable bonds is 2. The molecule has 0 saturated carbocycles. The normalized spacial score (nSPS) is 25.1. The van der Waals surface area contributed by atoms with E-state index < -0.39 is 0 Å². The first kappa shape index (κ1) is 12.2. The number of nitrogens with one attached hydrogen (secondary N) is 2. The number of carbonyl (C=O) groups is 1. The first-order valence-corrected chi connectivity index (χ1v) is 6.31. The van der Waals surface area contributed by atoms with Crippen molar-refractivity contribution in [3.05, 3.63) is 23.4 Å². The Morgan fingerprint density at radius 1 is 1.41 bits per heavy atom. The summed E-state index contributed by atoms with van der Waals surface area (Å²) in [4.78, 5) is 14.0. The van der Waals surface area contributed by atoms with Gasteiger partial charge in [-0.2, -0.15) is 0 Å². The molecular weight excluding hydrogens is 214 g/mol. The highest BCUT2D eigenvalue weighted by Gasteiger charge is 2.23. The highest BCUT2D eigenvalue weighted by atomic mass is 16.1. The van der Waals surface area contributed by atoms with Crippen molar-refractivity contribution in [2.45, 2.75) is 13.3 Å². The standard InChI is InChI=1S/C13H21N3O/c1-10-9-11(16-7-5-15-6-8-16)3-4-12(10)13(17)14-2/h3-4,10,15H,5-9H2,1-2H3,(H,14,17). The van der Waals surface area contributed by atoms with Crippen LogP contribution in [0.2, 0.25) is 0 Å². The minimum atomic E-state index is 0.0492. The summed E-state index contributed by atoms with van der Waals surface area (Å²) in [6, 6.07) is 0. The fourth-order valence-corrected chi connectivity index (χ4v) is 2.47. The molecule has 1 fully saturated rings. The zero-order chi connectivity index (χ0) is 12.3. The van der Waals surface area contributed by atoms with Gasteiger partial charge in [0.15, 0.2) is 0 Å². The van der Waals surface area contributed by atoms with Gasteiger partial charge in [-0.15, -0.1) is 0 Å². The van der Waals surface area contributed by atoms with E-state index in [1.165, 1.54) is 5.70 Å². The third kappa shape index (κ3) is 2.69. The zero-order valence-electron chi connectivity index (χ0n) is 10.6. The average Bonchev–Trinajstić information content (AvgIpc) is 2.39.